The Bertz CT molecular complexity index is 124. The number of hydrogen-bond acceptors (Lipinski definition) is 4. The minimum absolute atomic E-state index is 0.151. The Hall–Kier alpha value is -0.610. The van der Waals surface area contributed by atoms with E-state index in [0.717, 1.165) is 0 Å². The van der Waals surface area contributed by atoms with Gasteiger partial charge < -0.3 is 14.2 Å². The SMILES string of the molecule is CCOC(=O)C[C@@H](OC)OCC. The van der Waals surface area contributed by atoms with Crippen molar-refractivity contribution in [2.24, 2.45) is 0 Å². The molecule has 4 nitrogen and oxygen atoms in total. The highest BCUT2D eigenvalue weighted by atomic mass is 16.7. The molecule has 0 aromatic heterocycles. The number of rotatable bonds is 6. The van der Waals surface area contributed by atoms with E-state index >= 15 is 0 Å². The zero-order valence-electron chi connectivity index (χ0n) is 7.83. The Balaban J connectivity index is 3.61. The molecule has 12 heavy (non-hydrogen) atoms. The molecule has 0 aliphatic rings. The molecule has 0 aliphatic heterocycles. The largest absolute Gasteiger partial charge is 0.466 e. The Labute approximate surface area is 72.8 Å². The van der Waals surface area contributed by atoms with Gasteiger partial charge in [-0.05, 0) is 13.8 Å². The molecule has 0 radical (unpaired) electrons. The van der Waals surface area contributed by atoms with Crippen LogP contribution in [0.25, 0.3) is 0 Å². The second-order valence-corrected chi connectivity index (χ2v) is 2.13. The normalized spacial score (nSPS) is 12.6. The summed E-state index contributed by atoms with van der Waals surface area (Å²) in [4.78, 5) is 10.9. The van der Waals surface area contributed by atoms with Gasteiger partial charge in [0.2, 0.25) is 0 Å². The molecular formula is C8H16O4. The van der Waals surface area contributed by atoms with Gasteiger partial charge >= 0.3 is 5.97 Å². The zero-order valence-corrected chi connectivity index (χ0v) is 7.83. The van der Waals surface area contributed by atoms with Gasteiger partial charge in [0, 0.05) is 13.7 Å². The van der Waals surface area contributed by atoms with Gasteiger partial charge in [-0.25, -0.2) is 0 Å². The van der Waals surface area contributed by atoms with E-state index in [1.807, 2.05) is 6.92 Å². The molecule has 0 spiro atoms. The molecule has 0 aliphatic carbocycles. The van der Waals surface area contributed by atoms with Gasteiger partial charge in [0.15, 0.2) is 6.29 Å². The lowest BCUT2D eigenvalue weighted by atomic mass is 10.4. The summed E-state index contributed by atoms with van der Waals surface area (Å²) < 4.78 is 14.7. The van der Waals surface area contributed by atoms with Crippen LogP contribution in [-0.4, -0.2) is 32.6 Å². The van der Waals surface area contributed by atoms with Crippen molar-refractivity contribution >= 4 is 5.97 Å². The number of esters is 1. The Morgan fingerprint density at radius 1 is 1.33 bits per heavy atom. The highest BCUT2D eigenvalue weighted by Gasteiger charge is 2.12. The molecular weight excluding hydrogens is 160 g/mol. The number of ether oxygens (including phenoxy) is 3. The van der Waals surface area contributed by atoms with Crippen LogP contribution in [0.4, 0.5) is 0 Å². The van der Waals surface area contributed by atoms with Gasteiger partial charge in [-0.3, -0.25) is 4.79 Å². The standard InChI is InChI=1S/C8H16O4/c1-4-11-7(9)6-8(10-3)12-5-2/h8H,4-6H2,1-3H3/t8-/m0/s1. The molecule has 0 saturated heterocycles. The maximum Gasteiger partial charge on any atom is 0.310 e. The number of hydrogen-bond donors (Lipinski definition) is 0. The second kappa shape index (κ2) is 7.06. The van der Waals surface area contributed by atoms with E-state index in [9.17, 15) is 4.79 Å². The third-order valence-corrected chi connectivity index (χ3v) is 1.25. The van der Waals surface area contributed by atoms with Gasteiger partial charge in [-0.1, -0.05) is 0 Å². The number of methoxy groups -OCH3 is 1. The summed E-state index contributed by atoms with van der Waals surface area (Å²) in [7, 11) is 1.50. The van der Waals surface area contributed by atoms with E-state index in [4.69, 9.17) is 14.2 Å². The van der Waals surface area contributed by atoms with E-state index in [2.05, 4.69) is 0 Å². The van der Waals surface area contributed by atoms with Crippen LogP contribution < -0.4 is 0 Å². The van der Waals surface area contributed by atoms with Crippen LogP contribution in [0.2, 0.25) is 0 Å². The number of carbonyl (C=O) groups excluding carboxylic acids is 1. The maximum absolute atomic E-state index is 10.9. The number of carbonyl (C=O) groups is 1. The van der Waals surface area contributed by atoms with Crippen LogP contribution in [0.1, 0.15) is 20.3 Å². The van der Waals surface area contributed by atoms with Crippen LogP contribution >= 0.6 is 0 Å². The van der Waals surface area contributed by atoms with Crippen molar-refractivity contribution in [1.82, 2.24) is 0 Å². The smallest absolute Gasteiger partial charge is 0.310 e. The van der Waals surface area contributed by atoms with Crippen LogP contribution in [0, 0.1) is 0 Å². The topological polar surface area (TPSA) is 44.8 Å². The van der Waals surface area contributed by atoms with Crippen molar-refractivity contribution in [2.45, 2.75) is 26.6 Å². The van der Waals surface area contributed by atoms with Crippen LogP contribution in [0.15, 0.2) is 0 Å². The first-order chi connectivity index (χ1) is 5.74. The van der Waals surface area contributed by atoms with E-state index in [1.165, 1.54) is 7.11 Å². The molecule has 0 aromatic carbocycles. The fraction of sp³-hybridized carbons (Fsp3) is 0.875. The molecule has 0 saturated carbocycles. The monoisotopic (exact) mass is 176 g/mol. The summed E-state index contributed by atoms with van der Waals surface area (Å²) in [6, 6.07) is 0. The van der Waals surface area contributed by atoms with Crippen LogP contribution in [0.3, 0.4) is 0 Å². The maximum atomic E-state index is 10.9. The van der Waals surface area contributed by atoms with Crippen molar-refractivity contribution in [2.75, 3.05) is 20.3 Å². The third-order valence-electron chi connectivity index (χ3n) is 1.25. The molecule has 72 valence electrons. The molecule has 0 aromatic rings. The summed E-state index contributed by atoms with van der Waals surface area (Å²) in [6.07, 6.45) is -0.327. The van der Waals surface area contributed by atoms with E-state index in [-0.39, 0.29) is 12.4 Å². The fourth-order valence-electron chi connectivity index (χ4n) is 0.752. The van der Waals surface area contributed by atoms with Gasteiger partial charge in [-0.2, -0.15) is 0 Å². The first-order valence-corrected chi connectivity index (χ1v) is 4.04. The summed E-state index contributed by atoms with van der Waals surface area (Å²) in [5.74, 6) is -0.294. The summed E-state index contributed by atoms with van der Waals surface area (Å²) in [5.41, 5.74) is 0. The van der Waals surface area contributed by atoms with Crippen molar-refractivity contribution in [3.63, 3.8) is 0 Å². The predicted octanol–water partition coefficient (Wildman–Crippen LogP) is 0.949. The minimum Gasteiger partial charge on any atom is -0.466 e. The zero-order chi connectivity index (χ0) is 9.40. The summed E-state index contributed by atoms with van der Waals surface area (Å²) in [5, 5.41) is 0. The Morgan fingerprint density at radius 2 is 2.00 bits per heavy atom. The van der Waals surface area contributed by atoms with Crippen molar-refractivity contribution in [1.29, 1.82) is 0 Å². The lowest BCUT2D eigenvalue weighted by Gasteiger charge is -2.13. The first-order valence-electron chi connectivity index (χ1n) is 4.04. The molecule has 0 unspecified atom stereocenters. The first kappa shape index (κ1) is 11.4. The van der Waals surface area contributed by atoms with Crippen molar-refractivity contribution in [3.05, 3.63) is 0 Å². The Kier molecular flexibility index (Phi) is 6.70. The van der Waals surface area contributed by atoms with Crippen molar-refractivity contribution in [3.8, 4) is 0 Å². The highest BCUT2D eigenvalue weighted by molar-refractivity contribution is 5.69. The molecule has 0 N–H and O–H groups in total. The lowest BCUT2D eigenvalue weighted by Crippen LogP contribution is -2.21. The quantitative estimate of drug-likeness (QED) is 0.446. The minimum atomic E-state index is -0.478. The molecule has 1 atom stereocenters. The molecule has 0 rings (SSSR count). The molecule has 4 heteroatoms. The van der Waals surface area contributed by atoms with Gasteiger partial charge in [0.1, 0.15) is 0 Å². The van der Waals surface area contributed by atoms with E-state index in [0.29, 0.717) is 13.2 Å². The third kappa shape index (κ3) is 5.09. The lowest BCUT2D eigenvalue weighted by molar-refractivity contribution is -0.162. The van der Waals surface area contributed by atoms with Gasteiger partial charge in [0.25, 0.3) is 0 Å². The van der Waals surface area contributed by atoms with E-state index < -0.39 is 6.29 Å². The summed E-state index contributed by atoms with van der Waals surface area (Å²) in [6.45, 7) is 4.52. The molecule has 0 amide bonds. The predicted molar refractivity (Wildman–Crippen MR) is 43.7 cm³/mol. The average Bonchev–Trinajstić information content (AvgIpc) is 2.04. The van der Waals surface area contributed by atoms with Gasteiger partial charge in [-0.15, -0.1) is 0 Å². The van der Waals surface area contributed by atoms with Crippen LogP contribution in [-0.2, 0) is 19.0 Å². The Morgan fingerprint density at radius 3 is 2.42 bits per heavy atom. The van der Waals surface area contributed by atoms with E-state index in [1.54, 1.807) is 6.92 Å². The second-order valence-electron chi connectivity index (χ2n) is 2.13. The van der Waals surface area contributed by atoms with Crippen LogP contribution in [0.5, 0.6) is 0 Å². The van der Waals surface area contributed by atoms with Gasteiger partial charge in [0.05, 0.1) is 13.0 Å². The molecule has 0 heterocycles. The highest BCUT2D eigenvalue weighted by Crippen LogP contribution is 2.00. The van der Waals surface area contributed by atoms with Crippen molar-refractivity contribution < 1.29 is 19.0 Å². The fourth-order valence-corrected chi connectivity index (χ4v) is 0.752. The summed E-state index contributed by atoms with van der Waals surface area (Å²) >= 11 is 0. The molecule has 0 fully saturated rings. The average molecular weight is 176 g/mol. The molecule has 0 bridgehead atoms.